The average molecular weight is 265 g/mol. The lowest BCUT2D eigenvalue weighted by molar-refractivity contribution is -0.0431. The summed E-state index contributed by atoms with van der Waals surface area (Å²) in [5.74, 6) is 1.16. The molecule has 19 heavy (non-hydrogen) atoms. The minimum Gasteiger partial charge on any atom is -0.497 e. The molecule has 0 aliphatic carbocycles. The van der Waals surface area contributed by atoms with Crippen LogP contribution in [-0.4, -0.2) is 31.5 Å². The molecule has 0 spiro atoms. The van der Waals surface area contributed by atoms with E-state index in [4.69, 9.17) is 14.2 Å². The molecule has 3 atom stereocenters. The number of nitriles is 1. The van der Waals surface area contributed by atoms with Gasteiger partial charge in [0.2, 0.25) is 0 Å². The Labute approximate surface area is 113 Å². The van der Waals surface area contributed by atoms with Crippen LogP contribution >= 0.6 is 0 Å². The number of methoxy groups -OCH3 is 2. The molecule has 0 heterocycles. The van der Waals surface area contributed by atoms with Crippen molar-refractivity contribution in [3.05, 3.63) is 23.8 Å². The Hall–Kier alpha value is -1.77. The highest BCUT2D eigenvalue weighted by Crippen LogP contribution is 2.31. The van der Waals surface area contributed by atoms with Crippen LogP contribution in [0.4, 0.5) is 0 Å². The van der Waals surface area contributed by atoms with Gasteiger partial charge < -0.3 is 19.3 Å². The van der Waals surface area contributed by atoms with E-state index in [-0.39, 0.29) is 0 Å². The van der Waals surface area contributed by atoms with Gasteiger partial charge >= 0.3 is 0 Å². The molecule has 0 fully saturated rings. The van der Waals surface area contributed by atoms with Crippen molar-refractivity contribution in [2.45, 2.75) is 32.2 Å². The first-order valence-electron chi connectivity index (χ1n) is 5.98. The summed E-state index contributed by atoms with van der Waals surface area (Å²) in [6.45, 7) is 3.33. The molecule has 1 rings (SSSR count). The van der Waals surface area contributed by atoms with E-state index in [9.17, 15) is 10.4 Å². The molecule has 0 aromatic heterocycles. The van der Waals surface area contributed by atoms with Gasteiger partial charge in [0, 0.05) is 11.6 Å². The van der Waals surface area contributed by atoms with Gasteiger partial charge in [0.25, 0.3) is 0 Å². The normalized spacial score (nSPS) is 15.2. The molecule has 0 aliphatic rings. The van der Waals surface area contributed by atoms with Crippen molar-refractivity contribution in [2.75, 3.05) is 14.2 Å². The van der Waals surface area contributed by atoms with E-state index in [1.165, 1.54) is 7.11 Å². The van der Waals surface area contributed by atoms with Crippen LogP contribution in [0.2, 0.25) is 0 Å². The third kappa shape index (κ3) is 3.85. The van der Waals surface area contributed by atoms with E-state index in [0.29, 0.717) is 17.1 Å². The molecule has 5 heteroatoms. The van der Waals surface area contributed by atoms with E-state index in [1.54, 1.807) is 39.2 Å². The van der Waals surface area contributed by atoms with Gasteiger partial charge in [-0.1, -0.05) is 0 Å². The Bertz CT molecular complexity index is 453. The third-order valence-electron chi connectivity index (χ3n) is 2.87. The first-order valence-corrected chi connectivity index (χ1v) is 5.98. The molecule has 104 valence electrons. The SMILES string of the molecule is COc1ccc(C(C#N)OC(C)C(C)O)c(OC)c1. The van der Waals surface area contributed by atoms with Gasteiger partial charge in [-0.2, -0.15) is 5.26 Å². The lowest BCUT2D eigenvalue weighted by Crippen LogP contribution is -2.24. The Balaban J connectivity index is 3.02. The lowest BCUT2D eigenvalue weighted by atomic mass is 10.1. The van der Waals surface area contributed by atoms with E-state index in [1.807, 2.05) is 0 Å². The summed E-state index contributed by atoms with van der Waals surface area (Å²) in [4.78, 5) is 0. The summed E-state index contributed by atoms with van der Waals surface area (Å²) in [7, 11) is 3.08. The molecule has 5 nitrogen and oxygen atoms in total. The smallest absolute Gasteiger partial charge is 0.173 e. The van der Waals surface area contributed by atoms with Crippen molar-refractivity contribution >= 4 is 0 Å². The number of aliphatic hydroxyl groups excluding tert-OH is 1. The van der Waals surface area contributed by atoms with Crippen molar-refractivity contribution in [1.29, 1.82) is 5.26 Å². The topological polar surface area (TPSA) is 71.7 Å². The molecular formula is C14H19NO4. The van der Waals surface area contributed by atoms with Crippen LogP contribution in [0.15, 0.2) is 18.2 Å². The van der Waals surface area contributed by atoms with Crippen LogP contribution in [-0.2, 0) is 4.74 Å². The molecular weight excluding hydrogens is 246 g/mol. The fourth-order valence-electron chi connectivity index (χ4n) is 1.54. The minimum atomic E-state index is -0.801. The Morgan fingerprint density at radius 3 is 2.37 bits per heavy atom. The Morgan fingerprint density at radius 2 is 1.89 bits per heavy atom. The van der Waals surface area contributed by atoms with Crippen molar-refractivity contribution in [3.63, 3.8) is 0 Å². The summed E-state index contributed by atoms with van der Waals surface area (Å²) in [5, 5.41) is 18.6. The van der Waals surface area contributed by atoms with Gasteiger partial charge in [0.1, 0.15) is 11.5 Å². The fourth-order valence-corrected chi connectivity index (χ4v) is 1.54. The van der Waals surface area contributed by atoms with Crippen LogP contribution < -0.4 is 9.47 Å². The zero-order chi connectivity index (χ0) is 14.4. The number of benzene rings is 1. The van der Waals surface area contributed by atoms with Gasteiger partial charge in [0.05, 0.1) is 32.5 Å². The summed E-state index contributed by atoms with van der Waals surface area (Å²) >= 11 is 0. The molecule has 3 unspecified atom stereocenters. The van der Waals surface area contributed by atoms with Crippen LogP contribution in [0.25, 0.3) is 0 Å². The van der Waals surface area contributed by atoms with Crippen molar-refractivity contribution in [2.24, 2.45) is 0 Å². The van der Waals surface area contributed by atoms with E-state index in [2.05, 4.69) is 6.07 Å². The number of hydrogen-bond donors (Lipinski definition) is 1. The van der Waals surface area contributed by atoms with Crippen molar-refractivity contribution < 1.29 is 19.3 Å². The Kier molecular flexibility index (Phi) is 5.61. The molecule has 1 aromatic rings. The summed E-state index contributed by atoms with van der Waals surface area (Å²) < 4.78 is 15.9. The van der Waals surface area contributed by atoms with E-state index >= 15 is 0 Å². The second-order valence-corrected chi connectivity index (χ2v) is 4.20. The zero-order valence-electron chi connectivity index (χ0n) is 11.6. The second-order valence-electron chi connectivity index (χ2n) is 4.20. The van der Waals surface area contributed by atoms with Crippen LogP contribution in [0, 0.1) is 11.3 Å². The number of hydrogen-bond acceptors (Lipinski definition) is 5. The van der Waals surface area contributed by atoms with Gasteiger partial charge in [-0.3, -0.25) is 0 Å². The van der Waals surface area contributed by atoms with Gasteiger partial charge in [-0.15, -0.1) is 0 Å². The summed E-state index contributed by atoms with van der Waals surface area (Å²) in [6.07, 6.45) is -1.90. The van der Waals surface area contributed by atoms with Crippen LogP contribution in [0.1, 0.15) is 25.5 Å². The predicted octanol–water partition coefficient (Wildman–Crippen LogP) is 2.05. The number of ether oxygens (including phenoxy) is 3. The van der Waals surface area contributed by atoms with Gasteiger partial charge in [0.15, 0.2) is 6.10 Å². The molecule has 1 aromatic carbocycles. The molecule has 1 N–H and O–H groups in total. The van der Waals surface area contributed by atoms with E-state index in [0.717, 1.165) is 0 Å². The first-order chi connectivity index (χ1) is 9.03. The molecule has 0 aliphatic heterocycles. The average Bonchev–Trinajstić information content (AvgIpc) is 2.43. The summed E-state index contributed by atoms with van der Waals surface area (Å²) in [5.41, 5.74) is 0.610. The highest BCUT2D eigenvalue weighted by Gasteiger charge is 2.21. The molecule has 0 saturated heterocycles. The van der Waals surface area contributed by atoms with Gasteiger partial charge in [-0.25, -0.2) is 0 Å². The fraction of sp³-hybridized carbons (Fsp3) is 0.500. The van der Waals surface area contributed by atoms with E-state index < -0.39 is 18.3 Å². The van der Waals surface area contributed by atoms with Gasteiger partial charge in [-0.05, 0) is 26.0 Å². The maximum Gasteiger partial charge on any atom is 0.173 e. The lowest BCUT2D eigenvalue weighted by Gasteiger charge is -2.21. The number of aliphatic hydroxyl groups is 1. The van der Waals surface area contributed by atoms with Crippen LogP contribution in [0.3, 0.4) is 0 Å². The maximum absolute atomic E-state index is 9.44. The third-order valence-corrected chi connectivity index (χ3v) is 2.87. The quantitative estimate of drug-likeness (QED) is 0.852. The minimum absolute atomic E-state index is 0.448. The van der Waals surface area contributed by atoms with Crippen molar-refractivity contribution in [3.8, 4) is 17.6 Å². The number of rotatable bonds is 6. The second kappa shape index (κ2) is 6.98. The zero-order valence-corrected chi connectivity index (χ0v) is 11.6. The predicted molar refractivity (Wildman–Crippen MR) is 70.1 cm³/mol. The highest BCUT2D eigenvalue weighted by atomic mass is 16.5. The molecule has 0 radical (unpaired) electrons. The Morgan fingerprint density at radius 1 is 1.21 bits per heavy atom. The molecule has 0 amide bonds. The standard InChI is InChI=1S/C14H19NO4/c1-9(16)10(2)19-14(8-15)12-6-5-11(17-3)7-13(12)18-4/h5-7,9-10,14,16H,1-4H3. The maximum atomic E-state index is 9.44. The highest BCUT2D eigenvalue weighted by molar-refractivity contribution is 5.43. The van der Waals surface area contributed by atoms with Crippen molar-refractivity contribution in [1.82, 2.24) is 0 Å². The number of nitrogens with zero attached hydrogens (tertiary/aromatic N) is 1. The largest absolute Gasteiger partial charge is 0.497 e. The first kappa shape index (κ1) is 15.3. The summed E-state index contributed by atoms with van der Waals surface area (Å²) in [6, 6.07) is 7.21. The monoisotopic (exact) mass is 265 g/mol. The molecule has 0 saturated carbocycles. The van der Waals surface area contributed by atoms with Crippen LogP contribution in [0.5, 0.6) is 11.5 Å². The molecule has 0 bridgehead atoms.